The quantitative estimate of drug-likeness (QED) is 0.502. The third-order valence-electron chi connectivity index (χ3n) is 2.62. The molecule has 3 nitrogen and oxygen atoms in total. The number of rotatable bonds is 4. The maximum atomic E-state index is 8.64. The van der Waals surface area contributed by atoms with Crippen LogP contribution in [0.2, 0.25) is 0 Å². The Morgan fingerprint density at radius 2 is 2.47 bits per heavy atom. The van der Waals surface area contributed by atoms with Crippen molar-refractivity contribution >= 4 is 17.3 Å². The molecule has 1 rings (SSSR count). The number of allylic oxidation sites excluding steroid dienone is 1. The monoisotopic (exact) mass is 228 g/mol. The van der Waals surface area contributed by atoms with Crippen molar-refractivity contribution in [3.8, 4) is 0 Å². The average molecular weight is 228 g/mol. The summed E-state index contributed by atoms with van der Waals surface area (Å²) in [6.07, 6.45) is 7.03. The van der Waals surface area contributed by atoms with Crippen LogP contribution in [-0.4, -0.2) is 29.4 Å². The van der Waals surface area contributed by atoms with Gasteiger partial charge in [-0.25, -0.2) is 0 Å². The van der Waals surface area contributed by atoms with Crippen LogP contribution in [0.15, 0.2) is 11.6 Å². The molecule has 0 aromatic rings. The van der Waals surface area contributed by atoms with Gasteiger partial charge in [0.2, 0.25) is 0 Å². The van der Waals surface area contributed by atoms with E-state index >= 15 is 0 Å². The number of aliphatic hydroxyl groups is 1. The van der Waals surface area contributed by atoms with Gasteiger partial charge in [0.05, 0.1) is 6.61 Å². The van der Waals surface area contributed by atoms with Crippen LogP contribution in [0.5, 0.6) is 0 Å². The Kier molecular flexibility index (Phi) is 5.65. The summed E-state index contributed by atoms with van der Waals surface area (Å²) in [5.41, 5.74) is 1.52. The normalized spacial score (nSPS) is 20.7. The number of nitrogens with one attached hydrogen (secondary N) is 2. The minimum Gasteiger partial charge on any atom is -0.395 e. The lowest BCUT2D eigenvalue weighted by Gasteiger charge is -2.23. The molecule has 0 saturated carbocycles. The topological polar surface area (TPSA) is 44.3 Å². The Balaban J connectivity index is 2.34. The minimum absolute atomic E-state index is 0.114. The molecule has 0 bridgehead atoms. The van der Waals surface area contributed by atoms with E-state index in [0.29, 0.717) is 17.7 Å². The van der Waals surface area contributed by atoms with Crippen LogP contribution in [-0.2, 0) is 0 Å². The van der Waals surface area contributed by atoms with E-state index in [1.807, 2.05) is 0 Å². The van der Waals surface area contributed by atoms with Crippen molar-refractivity contribution in [2.75, 3.05) is 13.2 Å². The molecule has 0 aromatic carbocycles. The van der Waals surface area contributed by atoms with E-state index in [4.69, 9.17) is 17.3 Å². The number of thiocarbonyl (C=S) groups is 1. The van der Waals surface area contributed by atoms with Crippen LogP contribution >= 0.6 is 12.2 Å². The molecule has 1 aliphatic carbocycles. The second-order valence-electron chi connectivity index (χ2n) is 3.80. The van der Waals surface area contributed by atoms with E-state index in [9.17, 15) is 0 Å². The van der Waals surface area contributed by atoms with E-state index in [0.717, 1.165) is 12.8 Å². The first-order chi connectivity index (χ1) is 7.26. The van der Waals surface area contributed by atoms with Gasteiger partial charge in [0, 0.05) is 12.6 Å². The first kappa shape index (κ1) is 12.5. The Hall–Kier alpha value is -0.610. The molecule has 0 aliphatic heterocycles. The fraction of sp³-hybridized carbons (Fsp3) is 0.727. The minimum atomic E-state index is 0.114. The van der Waals surface area contributed by atoms with Gasteiger partial charge in [0.1, 0.15) is 0 Å². The summed E-state index contributed by atoms with van der Waals surface area (Å²) in [5, 5.41) is 15.5. The summed E-state index contributed by atoms with van der Waals surface area (Å²) in [7, 11) is 0. The van der Waals surface area contributed by atoms with Gasteiger partial charge in [-0.3, -0.25) is 0 Å². The van der Waals surface area contributed by atoms with E-state index in [1.54, 1.807) is 0 Å². The summed E-state index contributed by atoms with van der Waals surface area (Å²) in [6.45, 7) is 2.82. The SMILES string of the molecule is CCC1=CC(NC(=S)NCCO)CCC1. The van der Waals surface area contributed by atoms with Crippen molar-refractivity contribution < 1.29 is 5.11 Å². The second-order valence-corrected chi connectivity index (χ2v) is 4.21. The van der Waals surface area contributed by atoms with Gasteiger partial charge in [0.25, 0.3) is 0 Å². The van der Waals surface area contributed by atoms with E-state index in [2.05, 4.69) is 23.6 Å². The fourth-order valence-corrected chi connectivity index (χ4v) is 2.05. The zero-order valence-corrected chi connectivity index (χ0v) is 10.1. The molecule has 0 spiro atoms. The molecule has 1 aliphatic rings. The molecule has 15 heavy (non-hydrogen) atoms. The molecule has 0 amide bonds. The third kappa shape index (κ3) is 4.62. The van der Waals surface area contributed by atoms with Crippen LogP contribution in [0, 0.1) is 0 Å². The van der Waals surface area contributed by atoms with Crippen molar-refractivity contribution in [1.82, 2.24) is 10.6 Å². The van der Waals surface area contributed by atoms with Gasteiger partial charge in [0.15, 0.2) is 5.11 Å². The molecule has 1 unspecified atom stereocenters. The third-order valence-corrected chi connectivity index (χ3v) is 2.88. The van der Waals surface area contributed by atoms with Gasteiger partial charge in [-0.15, -0.1) is 0 Å². The highest BCUT2D eigenvalue weighted by Crippen LogP contribution is 2.19. The summed E-state index contributed by atoms with van der Waals surface area (Å²) < 4.78 is 0. The first-order valence-electron chi connectivity index (χ1n) is 5.61. The molecule has 86 valence electrons. The summed E-state index contributed by atoms with van der Waals surface area (Å²) in [4.78, 5) is 0. The first-order valence-corrected chi connectivity index (χ1v) is 6.02. The molecule has 0 radical (unpaired) electrons. The fourth-order valence-electron chi connectivity index (χ4n) is 1.80. The maximum absolute atomic E-state index is 8.64. The highest BCUT2D eigenvalue weighted by molar-refractivity contribution is 7.80. The zero-order chi connectivity index (χ0) is 11.1. The van der Waals surface area contributed by atoms with Crippen LogP contribution < -0.4 is 10.6 Å². The Bertz CT molecular complexity index is 241. The Morgan fingerprint density at radius 1 is 1.67 bits per heavy atom. The van der Waals surface area contributed by atoms with Crippen molar-refractivity contribution in [3.05, 3.63) is 11.6 Å². The molecule has 4 heteroatoms. The molecule has 3 N–H and O–H groups in total. The number of hydrogen-bond acceptors (Lipinski definition) is 2. The van der Waals surface area contributed by atoms with Gasteiger partial charge in [-0.2, -0.15) is 0 Å². The molecule has 0 fully saturated rings. The van der Waals surface area contributed by atoms with Crippen LogP contribution in [0.25, 0.3) is 0 Å². The lowest BCUT2D eigenvalue weighted by molar-refractivity contribution is 0.300. The van der Waals surface area contributed by atoms with Crippen molar-refractivity contribution in [3.63, 3.8) is 0 Å². The van der Waals surface area contributed by atoms with Gasteiger partial charge >= 0.3 is 0 Å². The highest BCUT2D eigenvalue weighted by atomic mass is 32.1. The highest BCUT2D eigenvalue weighted by Gasteiger charge is 2.12. The number of aliphatic hydroxyl groups excluding tert-OH is 1. The lowest BCUT2D eigenvalue weighted by atomic mass is 9.94. The summed E-state index contributed by atoms with van der Waals surface area (Å²) in [6, 6.07) is 0.368. The predicted octanol–water partition coefficient (Wildman–Crippen LogP) is 1.33. The van der Waals surface area contributed by atoms with Gasteiger partial charge in [-0.1, -0.05) is 18.6 Å². The van der Waals surface area contributed by atoms with E-state index in [-0.39, 0.29) is 6.61 Å². The summed E-state index contributed by atoms with van der Waals surface area (Å²) >= 11 is 5.11. The molecule has 0 heterocycles. The summed E-state index contributed by atoms with van der Waals surface area (Å²) in [5.74, 6) is 0. The average Bonchev–Trinajstić information content (AvgIpc) is 2.26. The zero-order valence-electron chi connectivity index (χ0n) is 9.25. The Labute approximate surface area is 96.9 Å². The molecule has 1 atom stereocenters. The Morgan fingerprint density at radius 3 is 3.13 bits per heavy atom. The maximum Gasteiger partial charge on any atom is 0.166 e. The van der Waals surface area contributed by atoms with Gasteiger partial charge in [-0.05, 0) is 37.9 Å². The molecular weight excluding hydrogens is 208 g/mol. The standard InChI is InChI=1S/C11H20N2OS/c1-2-9-4-3-5-10(8-9)13-11(15)12-6-7-14/h8,10,14H,2-7H2,1H3,(H2,12,13,15). The molecule has 0 aromatic heterocycles. The van der Waals surface area contributed by atoms with Crippen LogP contribution in [0.4, 0.5) is 0 Å². The second kappa shape index (κ2) is 6.80. The lowest BCUT2D eigenvalue weighted by Crippen LogP contribution is -2.42. The number of hydrogen-bond donors (Lipinski definition) is 3. The molecule has 0 saturated heterocycles. The van der Waals surface area contributed by atoms with Crippen molar-refractivity contribution in [2.24, 2.45) is 0 Å². The largest absolute Gasteiger partial charge is 0.395 e. The van der Waals surface area contributed by atoms with Crippen LogP contribution in [0.1, 0.15) is 32.6 Å². The van der Waals surface area contributed by atoms with E-state index in [1.165, 1.54) is 18.4 Å². The van der Waals surface area contributed by atoms with Crippen LogP contribution in [0.3, 0.4) is 0 Å². The molecular formula is C11H20N2OS. The smallest absolute Gasteiger partial charge is 0.166 e. The van der Waals surface area contributed by atoms with Gasteiger partial charge < -0.3 is 15.7 Å². The van der Waals surface area contributed by atoms with Crippen molar-refractivity contribution in [1.29, 1.82) is 0 Å². The van der Waals surface area contributed by atoms with E-state index < -0.39 is 0 Å². The predicted molar refractivity (Wildman–Crippen MR) is 66.8 cm³/mol. The van der Waals surface area contributed by atoms with Crippen molar-refractivity contribution in [2.45, 2.75) is 38.6 Å².